The predicted molar refractivity (Wildman–Crippen MR) is 89.0 cm³/mol. The van der Waals surface area contributed by atoms with Crippen molar-refractivity contribution in [3.05, 3.63) is 53.6 Å². The van der Waals surface area contributed by atoms with Gasteiger partial charge in [0.1, 0.15) is 5.82 Å². The molecule has 0 aliphatic carbocycles. The molecule has 1 aromatic heterocycles. The first-order valence-electron chi connectivity index (χ1n) is 8.19. The molecule has 1 aliphatic heterocycles. The van der Waals surface area contributed by atoms with Crippen molar-refractivity contribution in [2.24, 2.45) is 5.73 Å². The number of piperazine rings is 1. The Hall–Kier alpha value is -2.32. The SMILES string of the molecule is NCc1ccc(C(=O)N2CCN(Cc3nccn3C(F)F)CC2)cc1. The number of aromatic nitrogens is 2. The topological polar surface area (TPSA) is 67.4 Å². The molecule has 0 radical (unpaired) electrons. The highest BCUT2D eigenvalue weighted by atomic mass is 19.3. The summed E-state index contributed by atoms with van der Waals surface area (Å²) in [4.78, 5) is 20.3. The summed E-state index contributed by atoms with van der Waals surface area (Å²) >= 11 is 0. The van der Waals surface area contributed by atoms with Crippen LogP contribution in [0.3, 0.4) is 0 Å². The van der Waals surface area contributed by atoms with Crippen LogP contribution in [0.1, 0.15) is 28.3 Å². The van der Waals surface area contributed by atoms with Crippen LogP contribution < -0.4 is 5.73 Å². The van der Waals surface area contributed by atoms with Crippen molar-refractivity contribution >= 4 is 5.91 Å². The third-order valence-corrected chi connectivity index (χ3v) is 4.42. The van der Waals surface area contributed by atoms with Gasteiger partial charge in [-0.3, -0.25) is 14.3 Å². The van der Waals surface area contributed by atoms with Gasteiger partial charge < -0.3 is 10.6 Å². The normalized spacial score (nSPS) is 15.8. The zero-order valence-corrected chi connectivity index (χ0v) is 13.8. The molecule has 0 atom stereocenters. The molecule has 1 saturated heterocycles. The second kappa shape index (κ2) is 7.71. The molecule has 1 fully saturated rings. The number of nitrogens with zero attached hydrogens (tertiary/aromatic N) is 4. The summed E-state index contributed by atoms with van der Waals surface area (Å²) in [6.07, 6.45) is 2.66. The Balaban J connectivity index is 1.56. The maximum Gasteiger partial charge on any atom is 0.319 e. The Morgan fingerprint density at radius 3 is 2.44 bits per heavy atom. The van der Waals surface area contributed by atoms with E-state index >= 15 is 0 Å². The van der Waals surface area contributed by atoms with Crippen molar-refractivity contribution in [3.8, 4) is 0 Å². The van der Waals surface area contributed by atoms with Crippen molar-refractivity contribution in [1.82, 2.24) is 19.4 Å². The molecule has 0 unspecified atom stereocenters. The van der Waals surface area contributed by atoms with Crippen molar-refractivity contribution < 1.29 is 13.6 Å². The number of carbonyl (C=O) groups is 1. The first kappa shape index (κ1) is 17.5. The molecular formula is C17H21F2N5O. The van der Waals surface area contributed by atoms with Crippen molar-refractivity contribution in [3.63, 3.8) is 0 Å². The molecule has 1 aromatic carbocycles. The Bertz CT molecular complexity index is 708. The molecule has 0 bridgehead atoms. The molecule has 8 heteroatoms. The fourth-order valence-electron chi connectivity index (χ4n) is 2.92. The van der Waals surface area contributed by atoms with Crippen LogP contribution in [0.25, 0.3) is 0 Å². The van der Waals surface area contributed by atoms with Crippen LogP contribution in [0, 0.1) is 0 Å². The van der Waals surface area contributed by atoms with E-state index < -0.39 is 6.55 Å². The number of hydrogen-bond donors (Lipinski definition) is 1. The molecule has 2 aromatic rings. The van der Waals surface area contributed by atoms with E-state index in [4.69, 9.17) is 5.73 Å². The first-order valence-corrected chi connectivity index (χ1v) is 8.19. The molecule has 0 spiro atoms. The lowest BCUT2D eigenvalue weighted by Crippen LogP contribution is -2.48. The monoisotopic (exact) mass is 349 g/mol. The van der Waals surface area contributed by atoms with Crippen LogP contribution in [0.15, 0.2) is 36.7 Å². The first-order chi connectivity index (χ1) is 12.1. The molecule has 2 heterocycles. The van der Waals surface area contributed by atoms with E-state index in [0.29, 0.717) is 50.7 Å². The number of carbonyl (C=O) groups excluding carboxylic acids is 1. The highest BCUT2D eigenvalue weighted by Crippen LogP contribution is 2.16. The Morgan fingerprint density at radius 2 is 1.84 bits per heavy atom. The van der Waals surface area contributed by atoms with E-state index in [1.807, 2.05) is 17.0 Å². The van der Waals surface area contributed by atoms with Crippen LogP contribution >= 0.6 is 0 Å². The summed E-state index contributed by atoms with van der Waals surface area (Å²) in [5.41, 5.74) is 7.18. The number of rotatable bonds is 5. The van der Waals surface area contributed by atoms with Gasteiger partial charge in [0.2, 0.25) is 0 Å². The van der Waals surface area contributed by atoms with Crippen molar-refractivity contribution in [2.45, 2.75) is 19.6 Å². The van der Waals surface area contributed by atoms with Gasteiger partial charge in [0, 0.05) is 50.7 Å². The van der Waals surface area contributed by atoms with Crippen LogP contribution in [0.5, 0.6) is 0 Å². The van der Waals surface area contributed by atoms with Gasteiger partial charge in [0.15, 0.2) is 0 Å². The number of hydrogen-bond acceptors (Lipinski definition) is 4. The number of nitrogens with two attached hydrogens (primary N) is 1. The standard InChI is InChI=1S/C17H21F2N5O/c18-17(19)24-6-5-21-15(24)12-22-7-9-23(10-8-22)16(25)14-3-1-13(11-20)2-4-14/h1-6,17H,7-12,20H2. The van der Waals surface area contributed by atoms with Crippen LogP contribution in [0.2, 0.25) is 0 Å². The van der Waals surface area contributed by atoms with Gasteiger partial charge >= 0.3 is 6.55 Å². The molecule has 25 heavy (non-hydrogen) atoms. The molecule has 1 aliphatic rings. The minimum Gasteiger partial charge on any atom is -0.336 e. The lowest BCUT2D eigenvalue weighted by atomic mass is 10.1. The minimum absolute atomic E-state index is 0.0164. The maximum atomic E-state index is 12.9. The van der Waals surface area contributed by atoms with Crippen LogP contribution in [-0.4, -0.2) is 51.4 Å². The smallest absolute Gasteiger partial charge is 0.319 e. The Morgan fingerprint density at radius 1 is 1.16 bits per heavy atom. The third-order valence-electron chi connectivity index (χ3n) is 4.42. The second-order valence-corrected chi connectivity index (χ2v) is 6.00. The van der Waals surface area contributed by atoms with E-state index in [-0.39, 0.29) is 5.91 Å². The average molecular weight is 349 g/mol. The molecule has 1 amide bonds. The molecule has 2 N–H and O–H groups in total. The third kappa shape index (κ3) is 4.02. The summed E-state index contributed by atoms with van der Waals surface area (Å²) in [7, 11) is 0. The number of imidazole rings is 1. The van der Waals surface area contributed by atoms with Gasteiger partial charge in [0.25, 0.3) is 5.91 Å². The molecule has 134 valence electrons. The van der Waals surface area contributed by atoms with Crippen molar-refractivity contribution in [1.29, 1.82) is 0 Å². The number of halogens is 2. The minimum atomic E-state index is -2.59. The highest BCUT2D eigenvalue weighted by molar-refractivity contribution is 5.94. The quantitative estimate of drug-likeness (QED) is 0.892. The lowest BCUT2D eigenvalue weighted by Gasteiger charge is -2.34. The maximum absolute atomic E-state index is 12.9. The van der Waals surface area contributed by atoms with Crippen LogP contribution in [0.4, 0.5) is 8.78 Å². The highest BCUT2D eigenvalue weighted by Gasteiger charge is 2.23. The fraction of sp³-hybridized carbons (Fsp3) is 0.412. The van der Waals surface area contributed by atoms with Crippen LogP contribution in [-0.2, 0) is 13.1 Å². The molecule has 3 rings (SSSR count). The summed E-state index contributed by atoms with van der Waals surface area (Å²) in [5.74, 6) is 0.324. The van der Waals surface area contributed by atoms with E-state index in [0.717, 1.165) is 10.1 Å². The van der Waals surface area contributed by atoms with Gasteiger partial charge in [-0.05, 0) is 17.7 Å². The summed E-state index contributed by atoms with van der Waals surface area (Å²) < 4.78 is 26.6. The largest absolute Gasteiger partial charge is 0.336 e. The van der Waals surface area contributed by atoms with Gasteiger partial charge in [-0.1, -0.05) is 12.1 Å². The van der Waals surface area contributed by atoms with E-state index in [1.165, 1.54) is 12.4 Å². The summed E-state index contributed by atoms with van der Waals surface area (Å²) in [5, 5.41) is 0. The lowest BCUT2D eigenvalue weighted by molar-refractivity contribution is 0.0555. The van der Waals surface area contributed by atoms with E-state index in [9.17, 15) is 13.6 Å². The number of alkyl halides is 2. The van der Waals surface area contributed by atoms with Gasteiger partial charge in [-0.25, -0.2) is 4.98 Å². The molecule has 0 saturated carbocycles. The second-order valence-electron chi connectivity index (χ2n) is 6.00. The van der Waals surface area contributed by atoms with Gasteiger partial charge in [-0.2, -0.15) is 8.78 Å². The number of benzene rings is 1. The van der Waals surface area contributed by atoms with Gasteiger partial charge in [-0.15, -0.1) is 0 Å². The zero-order chi connectivity index (χ0) is 17.8. The Labute approximate surface area is 144 Å². The Kier molecular flexibility index (Phi) is 5.40. The molecular weight excluding hydrogens is 328 g/mol. The van der Waals surface area contributed by atoms with Crippen molar-refractivity contribution in [2.75, 3.05) is 26.2 Å². The summed E-state index contributed by atoms with van der Waals surface area (Å²) in [6.45, 7) is 0.592. The number of amides is 1. The molecule has 6 nitrogen and oxygen atoms in total. The average Bonchev–Trinajstić information content (AvgIpc) is 3.10. The predicted octanol–water partition coefficient (Wildman–Crippen LogP) is 1.69. The van der Waals surface area contributed by atoms with E-state index in [1.54, 1.807) is 17.0 Å². The zero-order valence-electron chi connectivity index (χ0n) is 13.8. The van der Waals surface area contributed by atoms with Gasteiger partial charge in [0.05, 0.1) is 6.54 Å². The fourth-order valence-corrected chi connectivity index (χ4v) is 2.92. The summed E-state index contributed by atoms with van der Waals surface area (Å²) in [6, 6.07) is 7.29. The van der Waals surface area contributed by atoms with E-state index in [2.05, 4.69) is 4.98 Å².